The zero-order chi connectivity index (χ0) is 16.1. The molecule has 1 aliphatic carbocycles. The molecule has 1 rings (SSSR count). The summed E-state index contributed by atoms with van der Waals surface area (Å²) in [6.45, 7) is 11.8. The largest absolute Gasteiger partial charge is 0.413 e. The molecule has 3 heteroatoms. The van der Waals surface area contributed by atoms with Gasteiger partial charge in [0.25, 0.3) is 0 Å². The lowest BCUT2D eigenvalue weighted by Crippen LogP contribution is -2.40. The van der Waals surface area contributed by atoms with Gasteiger partial charge in [0.2, 0.25) is 0 Å². The molecular formula is C18H28O2Si. The lowest BCUT2D eigenvalue weighted by Gasteiger charge is -2.35. The van der Waals surface area contributed by atoms with Crippen LogP contribution >= 0.6 is 0 Å². The first-order valence-electron chi connectivity index (χ1n) is 7.61. The molecule has 0 spiro atoms. The number of ketones is 1. The van der Waals surface area contributed by atoms with E-state index in [0.717, 1.165) is 12.8 Å². The highest BCUT2D eigenvalue weighted by molar-refractivity contribution is 6.74. The van der Waals surface area contributed by atoms with Crippen LogP contribution < -0.4 is 0 Å². The molecule has 1 atom stereocenters. The molecule has 0 N–H and O–H groups in total. The van der Waals surface area contributed by atoms with Gasteiger partial charge in [-0.2, -0.15) is 0 Å². The summed E-state index contributed by atoms with van der Waals surface area (Å²) in [5.41, 5.74) is -0.290. The van der Waals surface area contributed by atoms with Gasteiger partial charge in [0.1, 0.15) is 0 Å². The maximum absolute atomic E-state index is 11.3. The molecule has 0 aromatic carbocycles. The van der Waals surface area contributed by atoms with Crippen molar-refractivity contribution in [2.75, 3.05) is 6.61 Å². The molecule has 0 bridgehead atoms. The highest BCUT2D eigenvalue weighted by Crippen LogP contribution is 2.36. The van der Waals surface area contributed by atoms with Crippen LogP contribution in [-0.4, -0.2) is 20.7 Å². The summed E-state index contributed by atoms with van der Waals surface area (Å²) >= 11 is 0. The van der Waals surface area contributed by atoms with Crippen LogP contribution in [0.1, 0.15) is 40.0 Å². The second-order valence-electron chi connectivity index (χ2n) is 7.35. The average molecular weight is 305 g/mol. The van der Waals surface area contributed by atoms with Crippen LogP contribution in [0.2, 0.25) is 18.1 Å². The minimum Gasteiger partial charge on any atom is -0.413 e. The highest BCUT2D eigenvalue weighted by Gasteiger charge is 2.36. The van der Waals surface area contributed by atoms with Crippen molar-refractivity contribution in [3.05, 3.63) is 24.3 Å². The Morgan fingerprint density at radius 3 is 2.57 bits per heavy atom. The summed E-state index contributed by atoms with van der Waals surface area (Å²) in [6.07, 6.45) is 15.4. The Morgan fingerprint density at radius 2 is 2.10 bits per heavy atom. The Balaban J connectivity index is 2.51. The molecule has 0 aromatic heterocycles. The van der Waals surface area contributed by atoms with E-state index in [9.17, 15) is 4.79 Å². The molecule has 0 aromatic rings. The summed E-state index contributed by atoms with van der Waals surface area (Å²) in [4.78, 5) is 11.3. The molecule has 1 aliphatic rings. The Bertz CT molecular complexity index is 474. The van der Waals surface area contributed by atoms with E-state index in [2.05, 4.69) is 51.9 Å². The van der Waals surface area contributed by atoms with Crippen molar-refractivity contribution in [2.45, 2.75) is 58.2 Å². The maximum atomic E-state index is 11.3. The van der Waals surface area contributed by atoms with Gasteiger partial charge in [-0.25, -0.2) is 0 Å². The van der Waals surface area contributed by atoms with Crippen molar-refractivity contribution in [2.24, 2.45) is 5.41 Å². The van der Waals surface area contributed by atoms with Crippen LogP contribution in [0.3, 0.4) is 0 Å². The van der Waals surface area contributed by atoms with E-state index < -0.39 is 8.32 Å². The van der Waals surface area contributed by atoms with E-state index in [0.29, 0.717) is 13.0 Å². The Morgan fingerprint density at radius 1 is 1.43 bits per heavy atom. The summed E-state index contributed by atoms with van der Waals surface area (Å²) < 4.78 is 6.10. The molecule has 0 radical (unpaired) electrons. The third-order valence-corrected chi connectivity index (χ3v) is 9.19. The van der Waals surface area contributed by atoms with Crippen LogP contribution in [0.5, 0.6) is 0 Å². The smallest absolute Gasteiger partial charge is 0.192 e. The molecule has 116 valence electrons. The molecule has 0 aliphatic heterocycles. The fourth-order valence-corrected chi connectivity index (χ4v) is 2.90. The van der Waals surface area contributed by atoms with Crippen LogP contribution in [-0.2, 0) is 9.22 Å². The van der Waals surface area contributed by atoms with Crippen LogP contribution in [0.4, 0.5) is 0 Å². The second-order valence-corrected chi connectivity index (χ2v) is 12.2. The molecule has 0 saturated carbocycles. The van der Waals surface area contributed by atoms with Crippen LogP contribution in [0.25, 0.3) is 0 Å². The van der Waals surface area contributed by atoms with E-state index in [-0.39, 0.29) is 16.2 Å². The van der Waals surface area contributed by atoms with Crippen molar-refractivity contribution in [3.8, 4) is 12.3 Å². The standard InChI is InChI=1S/C18H28O2Si/c1-7-18(13-10-16(19)11-14-18)12-8-9-15-20-21(5,6)17(2,3)4/h1,8-10,13H,11-12,14-15H2,2-6H3/b9-8-. The minimum absolute atomic E-state index is 0.172. The number of carbonyl (C=O) groups is 1. The molecule has 1 unspecified atom stereocenters. The fourth-order valence-electron chi connectivity index (χ4n) is 1.95. The SMILES string of the molecule is C#CC1(C/C=C\CO[Si](C)(C)C(C)(C)C)C=CC(=O)CC1. The molecule has 2 nitrogen and oxygen atoms in total. The lowest BCUT2D eigenvalue weighted by atomic mass is 9.77. The first kappa shape index (κ1) is 17.9. The first-order valence-corrected chi connectivity index (χ1v) is 10.5. The minimum atomic E-state index is -1.68. The molecule has 0 fully saturated rings. The number of hydrogen-bond acceptors (Lipinski definition) is 2. The number of rotatable bonds is 5. The van der Waals surface area contributed by atoms with E-state index in [1.165, 1.54) is 0 Å². The van der Waals surface area contributed by atoms with Gasteiger partial charge >= 0.3 is 0 Å². The van der Waals surface area contributed by atoms with Gasteiger partial charge in [0.05, 0.1) is 12.0 Å². The lowest BCUT2D eigenvalue weighted by molar-refractivity contribution is -0.115. The highest BCUT2D eigenvalue weighted by atomic mass is 28.4. The molecule has 0 saturated heterocycles. The number of carbonyl (C=O) groups excluding carboxylic acids is 1. The normalized spacial score (nSPS) is 23.5. The summed E-state index contributed by atoms with van der Waals surface area (Å²) in [7, 11) is -1.68. The zero-order valence-corrected chi connectivity index (χ0v) is 15.0. The van der Waals surface area contributed by atoms with Crippen molar-refractivity contribution in [3.63, 3.8) is 0 Å². The first-order chi connectivity index (χ1) is 9.62. The predicted octanol–water partition coefficient (Wildman–Crippen LogP) is 4.49. The summed E-state index contributed by atoms with van der Waals surface area (Å²) in [6, 6.07) is 0. The monoisotopic (exact) mass is 304 g/mol. The Labute approximate surface area is 130 Å². The third-order valence-electron chi connectivity index (χ3n) is 4.69. The van der Waals surface area contributed by atoms with Crippen LogP contribution in [0, 0.1) is 17.8 Å². The Hall–Kier alpha value is -1.11. The van der Waals surface area contributed by atoms with Gasteiger partial charge in [-0.05, 0) is 37.0 Å². The van der Waals surface area contributed by atoms with Crippen molar-refractivity contribution >= 4 is 14.1 Å². The van der Waals surface area contributed by atoms with Gasteiger partial charge in [-0.15, -0.1) is 6.42 Å². The maximum Gasteiger partial charge on any atom is 0.192 e. The van der Waals surface area contributed by atoms with Crippen LogP contribution in [0.15, 0.2) is 24.3 Å². The summed E-state index contributed by atoms with van der Waals surface area (Å²) in [5, 5.41) is 0.230. The van der Waals surface area contributed by atoms with E-state index in [4.69, 9.17) is 10.8 Å². The molecule has 21 heavy (non-hydrogen) atoms. The number of hydrogen-bond donors (Lipinski definition) is 0. The van der Waals surface area contributed by atoms with Gasteiger partial charge in [0, 0.05) is 6.42 Å². The molecule has 0 heterocycles. The average Bonchev–Trinajstić information content (AvgIpc) is 2.39. The van der Waals surface area contributed by atoms with Crippen molar-refractivity contribution in [1.82, 2.24) is 0 Å². The third kappa shape index (κ3) is 4.98. The van der Waals surface area contributed by atoms with Crippen molar-refractivity contribution in [1.29, 1.82) is 0 Å². The van der Waals surface area contributed by atoms with E-state index >= 15 is 0 Å². The van der Waals surface area contributed by atoms with Gasteiger partial charge in [-0.3, -0.25) is 4.79 Å². The van der Waals surface area contributed by atoms with Gasteiger partial charge < -0.3 is 4.43 Å². The molecular weight excluding hydrogens is 276 g/mol. The van der Waals surface area contributed by atoms with Gasteiger partial charge in [0.15, 0.2) is 14.1 Å². The Kier molecular flexibility index (Phi) is 5.78. The molecule has 0 amide bonds. The topological polar surface area (TPSA) is 26.3 Å². The number of terminal acetylenes is 1. The second kappa shape index (κ2) is 6.77. The number of allylic oxidation sites excluding steroid dienone is 3. The quantitative estimate of drug-likeness (QED) is 0.425. The predicted molar refractivity (Wildman–Crippen MR) is 91.6 cm³/mol. The van der Waals surface area contributed by atoms with Gasteiger partial charge in [-0.1, -0.05) is 44.9 Å². The fraction of sp³-hybridized carbons (Fsp3) is 0.611. The van der Waals surface area contributed by atoms with E-state index in [1.54, 1.807) is 6.08 Å². The summed E-state index contributed by atoms with van der Waals surface area (Å²) in [5.74, 6) is 3.02. The van der Waals surface area contributed by atoms with E-state index in [1.807, 2.05) is 6.08 Å². The van der Waals surface area contributed by atoms with Crippen molar-refractivity contribution < 1.29 is 9.22 Å². The zero-order valence-electron chi connectivity index (χ0n) is 14.0.